The number of rotatable bonds is 7. The number of hydrogen-bond acceptors (Lipinski definition) is 8. The monoisotopic (exact) mass is 579 g/mol. The summed E-state index contributed by atoms with van der Waals surface area (Å²) in [6, 6.07) is 5.95. The maximum atomic E-state index is 14.9. The van der Waals surface area contributed by atoms with E-state index in [1.807, 2.05) is 11.8 Å². The van der Waals surface area contributed by atoms with Crippen LogP contribution in [0.15, 0.2) is 24.3 Å². The zero-order valence-electron chi connectivity index (χ0n) is 23.7. The molecule has 7 rings (SSSR count). The van der Waals surface area contributed by atoms with Crippen LogP contribution in [0.5, 0.6) is 11.8 Å². The summed E-state index contributed by atoms with van der Waals surface area (Å²) in [5.41, 5.74) is 1.26. The summed E-state index contributed by atoms with van der Waals surface area (Å²) in [7, 11) is 0. The van der Waals surface area contributed by atoms with E-state index in [-0.39, 0.29) is 54.8 Å². The third-order valence-electron chi connectivity index (χ3n) is 9.58. The van der Waals surface area contributed by atoms with Gasteiger partial charge in [-0.05, 0) is 61.7 Å². The molecule has 0 spiro atoms. The average molecular weight is 580 g/mol. The molecule has 0 saturated carbocycles. The predicted molar refractivity (Wildman–Crippen MR) is 153 cm³/mol. The number of aliphatic hydroxyl groups excluding tert-OH is 1. The Morgan fingerprint density at radius 3 is 2.86 bits per heavy atom. The topological polar surface area (TPSA) is 102 Å². The van der Waals surface area contributed by atoms with Gasteiger partial charge in [0.15, 0.2) is 0 Å². The lowest BCUT2D eigenvalue weighted by atomic mass is 9.95. The molecule has 3 fully saturated rings. The van der Waals surface area contributed by atoms with Crippen LogP contribution in [0.2, 0.25) is 0 Å². The second-order valence-corrected chi connectivity index (χ2v) is 12.0. The molecule has 0 aliphatic carbocycles. The molecule has 0 radical (unpaired) electrons. The van der Waals surface area contributed by atoms with Crippen molar-refractivity contribution in [3.8, 4) is 11.8 Å². The number of aryl methyl sites for hydroxylation is 1. The van der Waals surface area contributed by atoms with Gasteiger partial charge in [-0.3, -0.25) is 9.69 Å². The minimum atomic E-state index is -0.888. The Morgan fingerprint density at radius 2 is 2.05 bits per heavy atom. The minimum absolute atomic E-state index is 0.0340. The number of phenols is 1. The highest BCUT2D eigenvalue weighted by atomic mass is 19.1. The first-order valence-electron chi connectivity index (χ1n) is 14.9. The maximum Gasteiger partial charge on any atom is 0.318 e. The van der Waals surface area contributed by atoms with Crippen LogP contribution in [-0.2, 0) is 13.0 Å². The molecule has 2 N–H and O–H groups in total. The SMILES string of the molecule is CCc1c(F)ccc2cc(O)cc(N3Cc4nc(OC[C@@]56CCCN5C[C@H](F)C6)nc(N5CCCC5CO)c4C3=O)c12. The van der Waals surface area contributed by atoms with Crippen molar-refractivity contribution in [2.75, 3.05) is 42.6 Å². The van der Waals surface area contributed by atoms with Crippen LogP contribution in [0.4, 0.5) is 20.3 Å². The molecular weight excluding hydrogens is 544 g/mol. The van der Waals surface area contributed by atoms with Crippen LogP contribution in [0.25, 0.3) is 10.8 Å². The highest BCUT2D eigenvalue weighted by Crippen LogP contribution is 2.43. The Labute approximate surface area is 242 Å². The third kappa shape index (κ3) is 4.27. The van der Waals surface area contributed by atoms with E-state index in [1.165, 1.54) is 17.0 Å². The number of anilines is 2. The van der Waals surface area contributed by atoms with E-state index in [0.29, 0.717) is 65.0 Å². The summed E-state index contributed by atoms with van der Waals surface area (Å²) in [6.07, 6.45) is 3.36. The van der Waals surface area contributed by atoms with Crippen molar-refractivity contribution >= 4 is 28.2 Å². The number of hydrogen-bond donors (Lipinski definition) is 2. The minimum Gasteiger partial charge on any atom is -0.508 e. The Bertz CT molecular complexity index is 1570. The van der Waals surface area contributed by atoms with Crippen molar-refractivity contribution in [3.05, 3.63) is 46.9 Å². The highest BCUT2D eigenvalue weighted by molar-refractivity contribution is 6.16. The number of alkyl halides is 1. The van der Waals surface area contributed by atoms with Gasteiger partial charge in [0.05, 0.1) is 36.1 Å². The molecule has 0 bridgehead atoms. The molecule has 4 aliphatic heterocycles. The molecular formula is C31H35F2N5O4. The molecule has 5 heterocycles. The summed E-state index contributed by atoms with van der Waals surface area (Å²) in [5, 5.41) is 21.9. The molecule has 1 aromatic heterocycles. The number of carbonyl (C=O) groups excluding carboxylic acids is 1. The van der Waals surface area contributed by atoms with Gasteiger partial charge in [0, 0.05) is 31.0 Å². The summed E-state index contributed by atoms with van der Waals surface area (Å²) < 4.78 is 35.5. The fourth-order valence-electron chi connectivity index (χ4n) is 7.62. The summed E-state index contributed by atoms with van der Waals surface area (Å²) in [4.78, 5) is 29.2. The molecule has 9 nitrogen and oxygen atoms in total. The zero-order valence-corrected chi connectivity index (χ0v) is 23.7. The number of aliphatic hydroxyl groups is 1. The standard InChI is InChI=1S/C31H35F2N5O4/c1-2-22-23(33)7-6-18-11-21(40)12-25(26(18)22)38-15-24-27(29(38)41)28(37-10-3-5-20(37)16-39)35-30(34-24)42-17-31-8-4-9-36(31)14-19(32)13-31/h6-7,11-12,19-20,39-40H,2-5,8-10,13-17H2,1H3/t19-,20?,31+/m1/s1. The van der Waals surface area contributed by atoms with Gasteiger partial charge in [0.2, 0.25) is 0 Å². The Morgan fingerprint density at radius 1 is 1.19 bits per heavy atom. The molecule has 3 atom stereocenters. The number of fused-ring (bicyclic) bond motifs is 3. The molecule has 222 valence electrons. The number of amides is 1. The normalized spacial score (nSPS) is 25.6. The first-order chi connectivity index (χ1) is 20.3. The van der Waals surface area contributed by atoms with E-state index in [0.717, 1.165) is 32.2 Å². The molecule has 3 aromatic rings. The van der Waals surface area contributed by atoms with Crippen LogP contribution >= 0.6 is 0 Å². The van der Waals surface area contributed by atoms with E-state index in [4.69, 9.17) is 9.72 Å². The second kappa shape index (κ2) is 10.3. The van der Waals surface area contributed by atoms with Crippen LogP contribution in [0, 0.1) is 5.82 Å². The van der Waals surface area contributed by atoms with Crippen LogP contribution < -0.4 is 14.5 Å². The van der Waals surface area contributed by atoms with Gasteiger partial charge in [-0.2, -0.15) is 9.97 Å². The Kier molecular flexibility index (Phi) is 6.69. The number of nitrogens with zero attached hydrogens (tertiary/aromatic N) is 5. The molecule has 1 amide bonds. The quantitative estimate of drug-likeness (QED) is 0.431. The lowest BCUT2D eigenvalue weighted by Gasteiger charge is -2.31. The maximum absolute atomic E-state index is 14.9. The fraction of sp³-hybridized carbons (Fsp3) is 0.516. The van der Waals surface area contributed by atoms with Crippen LogP contribution in [-0.4, -0.2) is 81.6 Å². The zero-order chi connectivity index (χ0) is 29.2. The van der Waals surface area contributed by atoms with Crippen LogP contribution in [0.3, 0.4) is 0 Å². The van der Waals surface area contributed by atoms with Gasteiger partial charge in [-0.25, -0.2) is 8.78 Å². The molecule has 11 heteroatoms. The van der Waals surface area contributed by atoms with Crippen molar-refractivity contribution in [1.29, 1.82) is 0 Å². The number of benzene rings is 2. The molecule has 3 saturated heterocycles. The van der Waals surface area contributed by atoms with Crippen LogP contribution in [0.1, 0.15) is 60.6 Å². The Balaban J connectivity index is 1.30. The van der Waals surface area contributed by atoms with Gasteiger partial charge in [0.25, 0.3) is 5.91 Å². The molecule has 2 aromatic carbocycles. The largest absolute Gasteiger partial charge is 0.508 e. The smallest absolute Gasteiger partial charge is 0.318 e. The van der Waals surface area contributed by atoms with Crippen molar-refractivity contribution in [2.24, 2.45) is 0 Å². The first kappa shape index (κ1) is 27.3. The fourth-order valence-corrected chi connectivity index (χ4v) is 7.62. The summed E-state index contributed by atoms with van der Waals surface area (Å²) in [5.74, 6) is -0.359. The summed E-state index contributed by atoms with van der Waals surface area (Å²) >= 11 is 0. The third-order valence-corrected chi connectivity index (χ3v) is 9.58. The van der Waals surface area contributed by atoms with Gasteiger partial charge < -0.3 is 24.7 Å². The highest BCUT2D eigenvalue weighted by Gasteiger charge is 2.49. The lowest BCUT2D eigenvalue weighted by molar-refractivity contribution is 0.0995. The summed E-state index contributed by atoms with van der Waals surface area (Å²) in [6.45, 7) is 3.97. The van der Waals surface area contributed by atoms with E-state index >= 15 is 0 Å². The molecule has 1 unspecified atom stereocenters. The van der Waals surface area contributed by atoms with Crippen molar-refractivity contribution in [3.63, 3.8) is 0 Å². The molecule has 42 heavy (non-hydrogen) atoms. The van der Waals surface area contributed by atoms with Gasteiger partial charge in [0.1, 0.15) is 35.7 Å². The second-order valence-electron chi connectivity index (χ2n) is 12.0. The van der Waals surface area contributed by atoms with E-state index in [1.54, 1.807) is 12.1 Å². The number of aromatic nitrogens is 2. The van der Waals surface area contributed by atoms with E-state index < -0.39 is 6.17 Å². The average Bonchev–Trinajstić information content (AvgIpc) is 3.74. The van der Waals surface area contributed by atoms with Crippen molar-refractivity contribution in [2.45, 2.75) is 69.7 Å². The number of carbonyl (C=O) groups is 1. The molecule has 4 aliphatic rings. The van der Waals surface area contributed by atoms with Gasteiger partial charge in [-0.1, -0.05) is 13.0 Å². The van der Waals surface area contributed by atoms with E-state index in [2.05, 4.69) is 9.88 Å². The lowest BCUT2D eigenvalue weighted by Crippen LogP contribution is -2.43. The predicted octanol–water partition coefficient (Wildman–Crippen LogP) is 4.11. The van der Waals surface area contributed by atoms with Gasteiger partial charge >= 0.3 is 6.01 Å². The van der Waals surface area contributed by atoms with E-state index in [9.17, 15) is 23.8 Å². The van der Waals surface area contributed by atoms with Gasteiger partial charge in [-0.15, -0.1) is 0 Å². The first-order valence-corrected chi connectivity index (χ1v) is 14.9. The Hall–Kier alpha value is -3.57. The number of phenolic OH excluding ortho intramolecular Hbond substituents is 1. The number of halogens is 2. The van der Waals surface area contributed by atoms with Crippen molar-refractivity contribution < 1.29 is 28.5 Å². The van der Waals surface area contributed by atoms with Crippen molar-refractivity contribution in [1.82, 2.24) is 14.9 Å². The number of ether oxygens (including phenoxy) is 1. The number of aromatic hydroxyl groups is 1.